The van der Waals surface area contributed by atoms with Crippen LogP contribution >= 0.6 is 11.9 Å². The normalized spacial score (nSPS) is 35.7. The van der Waals surface area contributed by atoms with Crippen molar-refractivity contribution in [3.63, 3.8) is 0 Å². The highest BCUT2D eigenvalue weighted by atomic mass is 32.2. The first-order valence-corrected chi connectivity index (χ1v) is 18.7. The van der Waals surface area contributed by atoms with Gasteiger partial charge in [-0.25, -0.2) is 0 Å². The fraction of sp³-hybridized carbons (Fsp3) is 0.743. The van der Waals surface area contributed by atoms with Crippen molar-refractivity contribution in [2.45, 2.75) is 126 Å². The number of hydrogen-bond acceptors (Lipinski definition) is 8. The van der Waals surface area contributed by atoms with Crippen LogP contribution < -0.4 is 25.4 Å². The second kappa shape index (κ2) is 13.8. The van der Waals surface area contributed by atoms with Crippen LogP contribution in [0.5, 0.6) is 5.88 Å². The molecule has 1 aromatic carbocycles. The lowest BCUT2D eigenvalue weighted by molar-refractivity contribution is -0.190. The van der Waals surface area contributed by atoms with Crippen LogP contribution in [0, 0.1) is 17.3 Å². The Kier molecular flexibility index (Phi) is 9.90. The molecule has 4 aliphatic heterocycles. The molecule has 7 rings (SSSR count). The lowest BCUT2D eigenvalue weighted by Gasteiger charge is -2.47. The summed E-state index contributed by atoms with van der Waals surface area (Å²) in [7, 11) is 0. The van der Waals surface area contributed by atoms with E-state index in [1.807, 2.05) is 22.8 Å². The van der Waals surface area contributed by atoms with Crippen molar-refractivity contribution >= 4 is 11.9 Å². The van der Waals surface area contributed by atoms with Crippen LogP contribution in [0.1, 0.15) is 102 Å². The minimum atomic E-state index is -4.16. The molecule has 5 fully saturated rings. The molecule has 12 heteroatoms. The Balaban J connectivity index is 1.05. The summed E-state index contributed by atoms with van der Waals surface area (Å²) in [5.41, 5.74) is -0.135. The third-order valence-corrected chi connectivity index (χ3v) is 12.5. The zero-order valence-electron chi connectivity index (χ0n) is 27.8. The van der Waals surface area contributed by atoms with Gasteiger partial charge in [0.25, 0.3) is 0 Å². The zero-order valence-corrected chi connectivity index (χ0v) is 28.6. The Labute approximate surface area is 281 Å². The van der Waals surface area contributed by atoms with Gasteiger partial charge >= 0.3 is 6.18 Å². The Morgan fingerprint density at radius 1 is 0.979 bits per heavy atom. The maximum Gasteiger partial charge on any atom is 0.394 e. The van der Waals surface area contributed by atoms with Gasteiger partial charge in [0, 0.05) is 42.9 Å². The number of aromatic nitrogens is 2. The molecular weight excluding hydrogens is 623 g/mol. The minimum absolute atomic E-state index is 0.00411. The first-order valence-electron chi connectivity index (χ1n) is 17.8. The first-order chi connectivity index (χ1) is 22.6. The molecule has 5 aliphatic rings. The summed E-state index contributed by atoms with van der Waals surface area (Å²) in [5, 5.41) is 16.9. The molecule has 0 spiro atoms. The summed E-state index contributed by atoms with van der Waals surface area (Å²) in [6.45, 7) is 6.80. The van der Waals surface area contributed by atoms with Crippen LogP contribution in [0.15, 0.2) is 42.6 Å². The Bertz CT molecular complexity index is 1320. The topological polar surface area (TPSA) is 78.4 Å². The first kappa shape index (κ1) is 33.7. The predicted octanol–water partition coefficient (Wildman–Crippen LogP) is 6.71. The second-order valence-electron chi connectivity index (χ2n) is 15.3. The van der Waals surface area contributed by atoms with Gasteiger partial charge in [-0.15, -0.1) is 5.10 Å². The standard InChI is InChI=1S/C35H52F3N7OS/c1-33(2)21-24-11-13-27(25-7-4-3-5-8-25)40-28-9-6-10-31(41-28)47-39-22-26-12-14-29(42-32(26)44(33)23-24)45-19-15-30(43-45)46-20-18-34(16-17-34)35(36,37)38/h3-5,7-8,15,19,24,26-29,31-32,39-42H,6,9-14,16-18,20-23H2,1-2H3. The number of piperidine rings is 2. The third-order valence-electron chi connectivity index (χ3n) is 11.6. The van der Waals surface area contributed by atoms with Crippen LogP contribution in [0.2, 0.25) is 0 Å². The summed E-state index contributed by atoms with van der Waals surface area (Å²) in [5.74, 6) is 1.44. The van der Waals surface area contributed by atoms with Crippen molar-refractivity contribution in [1.29, 1.82) is 0 Å². The number of alkyl halides is 3. The largest absolute Gasteiger partial charge is 0.477 e. The minimum Gasteiger partial charge on any atom is -0.477 e. The van der Waals surface area contributed by atoms with Crippen molar-refractivity contribution < 1.29 is 17.9 Å². The van der Waals surface area contributed by atoms with E-state index in [2.05, 4.69) is 74.9 Å². The van der Waals surface area contributed by atoms with Crippen LogP contribution in [0.3, 0.4) is 0 Å². The molecule has 0 amide bonds. The highest BCUT2D eigenvalue weighted by Gasteiger charge is 2.62. The van der Waals surface area contributed by atoms with E-state index >= 15 is 0 Å². The van der Waals surface area contributed by atoms with Gasteiger partial charge in [-0.1, -0.05) is 42.3 Å². The molecule has 0 radical (unpaired) electrons. The maximum absolute atomic E-state index is 13.4. The zero-order chi connectivity index (χ0) is 32.6. The highest BCUT2D eigenvalue weighted by Crippen LogP contribution is 2.59. The van der Waals surface area contributed by atoms with Crippen molar-refractivity contribution in [2.24, 2.45) is 17.3 Å². The van der Waals surface area contributed by atoms with Gasteiger partial charge in [0.1, 0.15) is 6.17 Å². The molecule has 4 saturated heterocycles. The monoisotopic (exact) mass is 675 g/mol. The molecule has 260 valence electrons. The molecule has 4 bridgehead atoms. The van der Waals surface area contributed by atoms with Gasteiger partial charge in [0.15, 0.2) is 0 Å². The van der Waals surface area contributed by atoms with Gasteiger partial charge in [0.05, 0.1) is 29.7 Å². The average Bonchev–Trinajstić information content (AvgIpc) is 3.60. The van der Waals surface area contributed by atoms with Gasteiger partial charge in [-0.05, 0) is 96.0 Å². The van der Waals surface area contributed by atoms with Gasteiger partial charge in [-0.3, -0.25) is 30.3 Å². The van der Waals surface area contributed by atoms with E-state index in [1.54, 1.807) is 6.07 Å². The van der Waals surface area contributed by atoms with E-state index < -0.39 is 11.6 Å². The predicted molar refractivity (Wildman–Crippen MR) is 179 cm³/mol. The Morgan fingerprint density at radius 3 is 2.60 bits per heavy atom. The molecule has 5 heterocycles. The van der Waals surface area contributed by atoms with Crippen LogP contribution in [-0.4, -0.2) is 63.8 Å². The number of ether oxygens (including phenoxy) is 1. The molecule has 1 aliphatic carbocycles. The van der Waals surface area contributed by atoms with E-state index in [0.717, 1.165) is 51.6 Å². The van der Waals surface area contributed by atoms with Crippen molar-refractivity contribution in [3.8, 4) is 5.88 Å². The fourth-order valence-electron chi connectivity index (χ4n) is 8.61. The van der Waals surface area contributed by atoms with E-state index in [1.165, 1.54) is 18.4 Å². The summed E-state index contributed by atoms with van der Waals surface area (Å²) in [4.78, 5) is 2.72. The van der Waals surface area contributed by atoms with Crippen molar-refractivity contribution in [1.82, 2.24) is 35.4 Å². The van der Waals surface area contributed by atoms with E-state index in [0.29, 0.717) is 35.3 Å². The molecular formula is C35H52F3N7OS. The lowest BCUT2D eigenvalue weighted by Crippen LogP contribution is -2.60. The van der Waals surface area contributed by atoms with E-state index in [-0.39, 0.29) is 43.7 Å². The third kappa shape index (κ3) is 7.67. The van der Waals surface area contributed by atoms with Crippen molar-refractivity contribution in [2.75, 3.05) is 19.7 Å². The lowest BCUT2D eigenvalue weighted by atomic mass is 9.89. The number of hydrogen-bond donors (Lipinski definition) is 4. The quantitative estimate of drug-likeness (QED) is 0.252. The molecule has 2 aromatic rings. The molecule has 8 nitrogen and oxygen atoms in total. The van der Waals surface area contributed by atoms with E-state index in [9.17, 15) is 13.2 Å². The van der Waals surface area contributed by atoms with Crippen molar-refractivity contribution in [3.05, 3.63) is 48.2 Å². The number of fused-ring (bicyclic) bond motifs is 6. The van der Waals surface area contributed by atoms with Gasteiger partial charge in [-0.2, -0.15) is 13.2 Å². The number of halogens is 3. The van der Waals surface area contributed by atoms with Crippen LogP contribution in [-0.2, 0) is 0 Å². The van der Waals surface area contributed by atoms with Crippen LogP contribution in [0.25, 0.3) is 0 Å². The van der Waals surface area contributed by atoms with Gasteiger partial charge in [0.2, 0.25) is 5.88 Å². The smallest absolute Gasteiger partial charge is 0.394 e. The number of nitrogens with zero attached hydrogens (tertiary/aromatic N) is 3. The molecule has 1 aromatic heterocycles. The molecule has 4 N–H and O–H groups in total. The second-order valence-corrected chi connectivity index (χ2v) is 16.4. The Morgan fingerprint density at radius 2 is 1.81 bits per heavy atom. The summed E-state index contributed by atoms with van der Waals surface area (Å²) in [6, 6.07) is 13.0. The maximum atomic E-state index is 13.4. The number of benzene rings is 1. The number of nitrogens with one attached hydrogen (secondary N) is 4. The molecule has 1 saturated carbocycles. The van der Waals surface area contributed by atoms with E-state index in [4.69, 9.17) is 4.74 Å². The average molecular weight is 676 g/mol. The molecule has 8 unspecified atom stereocenters. The fourth-order valence-corrected chi connectivity index (χ4v) is 9.64. The Hall–Kier alpha value is -1.83. The summed E-state index contributed by atoms with van der Waals surface area (Å²) in [6.07, 6.45) is 7.56. The SMILES string of the molecule is CC1(C)CC2CCC(c3ccccc3)NC3CCCC(N3)SNCC3CCC(n4ccc(OCCC5(C(F)(F)F)CC5)n4)NC3N1C2. The highest BCUT2D eigenvalue weighted by molar-refractivity contribution is 7.98. The van der Waals surface area contributed by atoms with Crippen LogP contribution in [0.4, 0.5) is 13.2 Å². The summed E-state index contributed by atoms with van der Waals surface area (Å²) < 4.78 is 51.5. The molecule has 47 heavy (non-hydrogen) atoms. The number of rotatable bonds is 6. The molecule has 8 atom stereocenters. The summed E-state index contributed by atoms with van der Waals surface area (Å²) >= 11 is 1.84. The van der Waals surface area contributed by atoms with Gasteiger partial charge < -0.3 is 4.74 Å².